The fraction of sp³-hybridized carbons (Fsp3) is 0.231. The molecule has 0 radical (unpaired) electrons. The fourth-order valence-corrected chi connectivity index (χ4v) is 3.18. The lowest BCUT2D eigenvalue weighted by atomic mass is 10.1. The van der Waals surface area contributed by atoms with Crippen molar-refractivity contribution in [2.45, 2.75) is 4.90 Å². The molecule has 3 N–H and O–H groups in total. The quantitative estimate of drug-likeness (QED) is 0.822. The number of nitrogens with zero attached hydrogens (tertiary/aromatic N) is 1. The van der Waals surface area contributed by atoms with Gasteiger partial charge < -0.3 is 10.6 Å². The lowest BCUT2D eigenvalue weighted by Crippen LogP contribution is -2.29. The summed E-state index contributed by atoms with van der Waals surface area (Å²) in [6.07, 6.45) is 0. The Kier molecular flexibility index (Phi) is 3.75. The van der Waals surface area contributed by atoms with Crippen molar-refractivity contribution in [2.24, 2.45) is 5.73 Å². The normalized spacial score (nSPS) is 11.7. The van der Waals surface area contributed by atoms with Gasteiger partial charge in [-0.3, -0.25) is 0 Å². The molecule has 102 valence electrons. The van der Waals surface area contributed by atoms with Crippen molar-refractivity contribution in [1.29, 1.82) is 0 Å². The summed E-state index contributed by atoms with van der Waals surface area (Å²) < 4.78 is 26.6. The number of hydrogen-bond acceptors (Lipinski definition) is 4. The summed E-state index contributed by atoms with van der Waals surface area (Å²) >= 11 is 0. The Bertz CT molecular complexity index is 696. The first-order valence-corrected chi connectivity index (χ1v) is 7.34. The molecule has 2 aromatic rings. The molecule has 6 heteroatoms. The Labute approximate surface area is 113 Å². The number of sulfonamides is 1. The van der Waals surface area contributed by atoms with E-state index in [-0.39, 0.29) is 11.6 Å². The highest BCUT2D eigenvalue weighted by Crippen LogP contribution is 2.29. The zero-order valence-electron chi connectivity index (χ0n) is 10.9. The first-order chi connectivity index (χ1) is 8.97. The Morgan fingerprint density at radius 2 is 1.74 bits per heavy atom. The number of benzene rings is 2. The largest absolute Gasteiger partial charge is 0.377 e. The zero-order chi connectivity index (χ0) is 14.0. The minimum Gasteiger partial charge on any atom is -0.377 e. The molecule has 0 atom stereocenters. The molecular formula is C13H17N3O2S. The third-order valence-electron chi connectivity index (χ3n) is 2.90. The maximum atomic E-state index is 12.1. The summed E-state index contributed by atoms with van der Waals surface area (Å²) in [5.41, 5.74) is 6.25. The molecule has 0 heterocycles. The summed E-state index contributed by atoms with van der Waals surface area (Å²) in [6.45, 7) is -0.119. The third-order valence-corrected chi connectivity index (χ3v) is 4.39. The first-order valence-electron chi connectivity index (χ1n) is 5.86. The maximum Gasteiger partial charge on any atom is 0.242 e. The lowest BCUT2D eigenvalue weighted by molar-refractivity contribution is 0.584. The van der Waals surface area contributed by atoms with Crippen molar-refractivity contribution >= 4 is 26.5 Å². The van der Waals surface area contributed by atoms with Gasteiger partial charge in [-0.05, 0) is 12.1 Å². The van der Waals surface area contributed by atoms with Crippen LogP contribution in [0.25, 0.3) is 10.8 Å². The SMILES string of the molecule is CN(C)c1cccc2c(S(=O)(=O)NCN)cccc12. The molecule has 0 aromatic heterocycles. The van der Waals surface area contributed by atoms with E-state index in [0.29, 0.717) is 5.39 Å². The molecule has 2 aromatic carbocycles. The van der Waals surface area contributed by atoms with Crippen molar-refractivity contribution in [2.75, 3.05) is 25.7 Å². The molecule has 0 fully saturated rings. The number of nitrogens with two attached hydrogens (primary N) is 1. The second kappa shape index (κ2) is 5.16. The smallest absolute Gasteiger partial charge is 0.242 e. The second-order valence-corrected chi connectivity index (χ2v) is 6.11. The average molecular weight is 279 g/mol. The van der Waals surface area contributed by atoms with Crippen molar-refractivity contribution in [1.82, 2.24) is 4.72 Å². The van der Waals surface area contributed by atoms with E-state index in [1.807, 2.05) is 37.2 Å². The molecule has 5 nitrogen and oxygen atoms in total. The highest BCUT2D eigenvalue weighted by molar-refractivity contribution is 7.89. The van der Waals surface area contributed by atoms with E-state index in [4.69, 9.17) is 5.73 Å². The summed E-state index contributed by atoms with van der Waals surface area (Å²) in [5.74, 6) is 0. The van der Waals surface area contributed by atoms with E-state index >= 15 is 0 Å². The lowest BCUT2D eigenvalue weighted by Gasteiger charge is -2.16. The van der Waals surface area contributed by atoms with Crippen LogP contribution in [0, 0.1) is 0 Å². The molecule has 0 saturated heterocycles. The Hall–Kier alpha value is -1.63. The minimum atomic E-state index is -3.57. The summed E-state index contributed by atoms with van der Waals surface area (Å²) in [6, 6.07) is 10.8. The molecule has 0 spiro atoms. The molecule has 0 aliphatic rings. The maximum absolute atomic E-state index is 12.1. The number of fused-ring (bicyclic) bond motifs is 1. The van der Waals surface area contributed by atoms with Crippen molar-refractivity contribution in [3.63, 3.8) is 0 Å². The van der Waals surface area contributed by atoms with Gasteiger partial charge in [-0.1, -0.05) is 24.3 Å². The van der Waals surface area contributed by atoms with Crippen LogP contribution in [0.5, 0.6) is 0 Å². The average Bonchev–Trinajstić information content (AvgIpc) is 2.37. The third kappa shape index (κ3) is 2.56. The number of nitrogens with one attached hydrogen (secondary N) is 1. The number of rotatable bonds is 4. The standard InChI is InChI=1S/C13H17N3O2S/c1-16(2)12-7-3-6-11-10(12)5-4-8-13(11)19(17,18)15-9-14/h3-8,15H,9,14H2,1-2H3. The number of hydrogen-bond donors (Lipinski definition) is 2. The molecule has 19 heavy (non-hydrogen) atoms. The molecule has 2 rings (SSSR count). The summed E-state index contributed by atoms with van der Waals surface area (Å²) in [4.78, 5) is 2.20. The van der Waals surface area contributed by atoms with Gasteiger partial charge in [0.05, 0.1) is 11.6 Å². The molecule has 0 bridgehead atoms. The first kappa shape index (κ1) is 13.8. The fourth-order valence-electron chi connectivity index (χ4n) is 2.08. The highest BCUT2D eigenvalue weighted by atomic mass is 32.2. The summed E-state index contributed by atoms with van der Waals surface area (Å²) in [5, 5.41) is 1.59. The van der Waals surface area contributed by atoms with Crippen LogP contribution >= 0.6 is 0 Å². The van der Waals surface area contributed by atoms with E-state index in [0.717, 1.165) is 11.1 Å². The topological polar surface area (TPSA) is 75.4 Å². The predicted octanol–water partition coefficient (Wildman–Crippen LogP) is 1.10. The second-order valence-electron chi connectivity index (χ2n) is 4.37. The van der Waals surface area contributed by atoms with E-state index in [1.165, 1.54) is 0 Å². The zero-order valence-corrected chi connectivity index (χ0v) is 11.7. The van der Waals surface area contributed by atoms with Gasteiger partial charge in [0.2, 0.25) is 10.0 Å². The van der Waals surface area contributed by atoms with Gasteiger partial charge in [0.25, 0.3) is 0 Å². The van der Waals surface area contributed by atoms with Crippen LogP contribution in [-0.4, -0.2) is 29.2 Å². The molecule has 0 amide bonds. The Morgan fingerprint density at radius 1 is 1.11 bits per heavy atom. The van der Waals surface area contributed by atoms with E-state index in [9.17, 15) is 8.42 Å². The van der Waals surface area contributed by atoms with Crippen LogP contribution in [0.4, 0.5) is 5.69 Å². The Morgan fingerprint density at radius 3 is 2.37 bits per heavy atom. The van der Waals surface area contributed by atoms with Gasteiger partial charge in [-0.2, -0.15) is 4.72 Å². The van der Waals surface area contributed by atoms with Gasteiger partial charge in [0, 0.05) is 30.6 Å². The predicted molar refractivity (Wildman–Crippen MR) is 77.7 cm³/mol. The molecule has 0 saturated carbocycles. The molecule has 0 aliphatic heterocycles. The van der Waals surface area contributed by atoms with E-state index < -0.39 is 10.0 Å². The van der Waals surface area contributed by atoms with Gasteiger partial charge in [0.15, 0.2) is 0 Å². The highest BCUT2D eigenvalue weighted by Gasteiger charge is 2.17. The summed E-state index contributed by atoms with van der Waals surface area (Å²) in [7, 11) is 0.276. The van der Waals surface area contributed by atoms with Crippen molar-refractivity contribution in [3.05, 3.63) is 36.4 Å². The van der Waals surface area contributed by atoms with Crippen LogP contribution in [0.1, 0.15) is 0 Å². The number of anilines is 1. The Balaban J connectivity index is 2.75. The molecular weight excluding hydrogens is 262 g/mol. The van der Waals surface area contributed by atoms with Gasteiger partial charge >= 0.3 is 0 Å². The minimum absolute atomic E-state index is 0.119. The monoisotopic (exact) mass is 279 g/mol. The van der Waals surface area contributed by atoms with Gasteiger partial charge in [-0.15, -0.1) is 0 Å². The molecule has 0 unspecified atom stereocenters. The molecule has 0 aliphatic carbocycles. The van der Waals surface area contributed by atoms with Crippen LogP contribution in [0.2, 0.25) is 0 Å². The van der Waals surface area contributed by atoms with Crippen LogP contribution in [0.3, 0.4) is 0 Å². The van der Waals surface area contributed by atoms with E-state index in [2.05, 4.69) is 4.72 Å². The van der Waals surface area contributed by atoms with Crippen molar-refractivity contribution < 1.29 is 8.42 Å². The van der Waals surface area contributed by atoms with E-state index in [1.54, 1.807) is 18.2 Å². The van der Waals surface area contributed by atoms with Crippen LogP contribution < -0.4 is 15.4 Å². The van der Waals surface area contributed by atoms with Crippen molar-refractivity contribution in [3.8, 4) is 0 Å². The van der Waals surface area contributed by atoms with Crippen LogP contribution in [-0.2, 0) is 10.0 Å². The van der Waals surface area contributed by atoms with Gasteiger partial charge in [-0.25, -0.2) is 8.42 Å². The van der Waals surface area contributed by atoms with Gasteiger partial charge in [0.1, 0.15) is 0 Å². The van der Waals surface area contributed by atoms with Crippen LogP contribution in [0.15, 0.2) is 41.3 Å².